The molecule has 2 aliphatic heterocycles. The average Bonchev–Trinajstić information content (AvgIpc) is 3.08. The highest BCUT2D eigenvalue weighted by Gasteiger charge is 2.28. The summed E-state index contributed by atoms with van der Waals surface area (Å²) < 4.78 is 4.95. The fourth-order valence-corrected chi connectivity index (χ4v) is 3.13. The molecule has 134 valence electrons. The minimum atomic E-state index is -0.635. The van der Waals surface area contributed by atoms with Crippen molar-refractivity contribution in [1.82, 2.24) is 5.32 Å². The monoisotopic (exact) mass is 345 g/mol. The number of rotatable bonds is 5. The second-order valence-electron chi connectivity index (χ2n) is 6.41. The summed E-state index contributed by atoms with van der Waals surface area (Å²) in [6, 6.07) is 7.04. The summed E-state index contributed by atoms with van der Waals surface area (Å²) in [5.41, 5.74) is 1.82. The van der Waals surface area contributed by atoms with E-state index in [4.69, 9.17) is 4.74 Å². The van der Waals surface area contributed by atoms with Gasteiger partial charge in [0.25, 0.3) is 5.91 Å². The highest BCUT2D eigenvalue weighted by atomic mass is 16.5. The molecule has 0 saturated carbocycles. The second kappa shape index (κ2) is 8.00. The van der Waals surface area contributed by atoms with Crippen LogP contribution in [0.5, 0.6) is 0 Å². The maximum absolute atomic E-state index is 11.9. The van der Waals surface area contributed by atoms with Crippen LogP contribution in [0.4, 0.5) is 11.4 Å². The molecule has 1 atom stereocenters. The Labute approximate surface area is 146 Å². The number of nitrogens with one attached hydrogen (secondary N) is 2. The van der Waals surface area contributed by atoms with Gasteiger partial charge in [-0.3, -0.25) is 9.59 Å². The average molecular weight is 345 g/mol. The molecule has 2 aliphatic rings. The lowest BCUT2D eigenvalue weighted by molar-refractivity contribution is -0.149. The fraction of sp³-hybridized carbons (Fsp3) is 0.500. The summed E-state index contributed by atoms with van der Waals surface area (Å²) in [5, 5.41) is 5.22. The normalized spacial score (nSPS) is 20.1. The van der Waals surface area contributed by atoms with Gasteiger partial charge in [0.1, 0.15) is 6.04 Å². The van der Waals surface area contributed by atoms with Crippen molar-refractivity contribution in [2.45, 2.75) is 38.1 Å². The number of nitrogens with zero attached hydrogens (tertiary/aromatic N) is 1. The van der Waals surface area contributed by atoms with E-state index in [-0.39, 0.29) is 12.5 Å². The molecule has 7 nitrogen and oxygen atoms in total. The van der Waals surface area contributed by atoms with Crippen molar-refractivity contribution in [2.24, 2.45) is 0 Å². The number of ether oxygens (including phenoxy) is 1. The predicted molar refractivity (Wildman–Crippen MR) is 93.3 cm³/mol. The van der Waals surface area contributed by atoms with E-state index in [9.17, 15) is 14.4 Å². The van der Waals surface area contributed by atoms with Crippen LogP contribution in [0.2, 0.25) is 0 Å². The number of piperidine rings is 1. The minimum absolute atomic E-state index is 0.166. The van der Waals surface area contributed by atoms with E-state index in [1.807, 2.05) is 24.3 Å². The smallest absolute Gasteiger partial charge is 0.329 e. The van der Waals surface area contributed by atoms with Crippen LogP contribution in [0.15, 0.2) is 24.3 Å². The van der Waals surface area contributed by atoms with Crippen molar-refractivity contribution < 1.29 is 19.1 Å². The summed E-state index contributed by atoms with van der Waals surface area (Å²) in [6.07, 6.45) is 4.44. The molecule has 2 fully saturated rings. The van der Waals surface area contributed by atoms with Crippen LogP contribution in [-0.2, 0) is 19.1 Å². The quantitative estimate of drug-likeness (QED) is 0.789. The Bertz CT molecular complexity index is 638. The second-order valence-corrected chi connectivity index (χ2v) is 6.41. The van der Waals surface area contributed by atoms with Crippen LogP contribution in [0, 0.1) is 0 Å². The SMILES string of the molecule is O=C(COC(=O)[C@H]1CCC(=O)N1)Nc1ccc(N2CCCCC2)cc1. The maximum Gasteiger partial charge on any atom is 0.329 e. The van der Waals surface area contributed by atoms with Crippen LogP contribution in [0.1, 0.15) is 32.1 Å². The third kappa shape index (κ3) is 4.71. The van der Waals surface area contributed by atoms with Crippen LogP contribution >= 0.6 is 0 Å². The molecule has 0 bridgehead atoms. The van der Waals surface area contributed by atoms with Crippen molar-refractivity contribution in [2.75, 3.05) is 29.9 Å². The van der Waals surface area contributed by atoms with Gasteiger partial charge in [0.2, 0.25) is 5.91 Å². The Kier molecular flexibility index (Phi) is 5.53. The van der Waals surface area contributed by atoms with Crippen LogP contribution < -0.4 is 15.5 Å². The Hall–Kier alpha value is -2.57. The van der Waals surface area contributed by atoms with E-state index < -0.39 is 17.9 Å². The molecule has 1 aromatic rings. The summed E-state index contributed by atoms with van der Waals surface area (Å²) in [6.45, 7) is 1.78. The van der Waals surface area contributed by atoms with E-state index >= 15 is 0 Å². The van der Waals surface area contributed by atoms with Crippen molar-refractivity contribution in [1.29, 1.82) is 0 Å². The first-order valence-corrected chi connectivity index (χ1v) is 8.73. The zero-order valence-electron chi connectivity index (χ0n) is 14.1. The number of amides is 2. The number of carbonyl (C=O) groups is 3. The van der Waals surface area contributed by atoms with Gasteiger partial charge in [0.15, 0.2) is 6.61 Å². The topological polar surface area (TPSA) is 87.7 Å². The zero-order chi connectivity index (χ0) is 17.6. The third-order valence-corrected chi connectivity index (χ3v) is 4.50. The lowest BCUT2D eigenvalue weighted by Gasteiger charge is -2.28. The molecule has 0 aromatic heterocycles. The van der Waals surface area contributed by atoms with Gasteiger partial charge in [-0.15, -0.1) is 0 Å². The molecule has 25 heavy (non-hydrogen) atoms. The van der Waals surface area contributed by atoms with Crippen molar-refractivity contribution >= 4 is 29.2 Å². The number of anilines is 2. The van der Waals surface area contributed by atoms with E-state index in [0.29, 0.717) is 18.5 Å². The molecule has 0 aliphatic carbocycles. The first-order chi connectivity index (χ1) is 12.1. The Balaban J connectivity index is 1.44. The van der Waals surface area contributed by atoms with E-state index in [1.54, 1.807) is 0 Å². The van der Waals surface area contributed by atoms with Gasteiger partial charge < -0.3 is 20.3 Å². The summed E-state index contributed by atoms with van der Waals surface area (Å²) in [7, 11) is 0. The van der Waals surface area contributed by atoms with E-state index in [2.05, 4.69) is 15.5 Å². The molecule has 2 N–H and O–H groups in total. The Morgan fingerprint density at radius 2 is 1.88 bits per heavy atom. The number of carbonyl (C=O) groups excluding carboxylic acids is 3. The number of hydrogen-bond acceptors (Lipinski definition) is 5. The first-order valence-electron chi connectivity index (χ1n) is 8.73. The van der Waals surface area contributed by atoms with Crippen molar-refractivity contribution in [3.05, 3.63) is 24.3 Å². The predicted octanol–water partition coefficient (Wildman–Crippen LogP) is 1.44. The summed E-state index contributed by atoms with van der Waals surface area (Å²) in [5.74, 6) is -1.13. The minimum Gasteiger partial charge on any atom is -0.454 e. The van der Waals surface area contributed by atoms with Crippen LogP contribution in [0.25, 0.3) is 0 Å². The highest BCUT2D eigenvalue weighted by Crippen LogP contribution is 2.21. The lowest BCUT2D eigenvalue weighted by Crippen LogP contribution is -2.36. The van der Waals surface area contributed by atoms with Gasteiger partial charge in [-0.1, -0.05) is 0 Å². The Morgan fingerprint density at radius 1 is 1.16 bits per heavy atom. The third-order valence-electron chi connectivity index (χ3n) is 4.50. The number of esters is 1. The molecule has 0 radical (unpaired) electrons. The molecular formula is C18H23N3O4. The number of benzene rings is 1. The molecule has 1 aromatic carbocycles. The largest absolute Gasteiger partial charge is 0.454 e. The standard InChI is InChI=1S/C18H23N3O4/c22-16-9-8-15(20-16)18(24)25-12-17(23)19-13-4-6-14(7-5-13)21-10-2-1-3-11-21/h4-7,15H,1-3,8-12H2,(H,19,23)(H,20,22)/t15-/m1/s1. The molecule has 0 unspecified atom stereocenters. The lowest BCUT2D eigenvalue weighted by atomic mass is 10.1. The summed E-state index contributed by atoms with van der Waals surface area (Å²) in [4.78, 5) is 37.1. The van der Waals surface area contributed by atoms with Crippen molar-refractivity contribution in [3.63, 3.8) is 0 Å². The molecule has 0 spiro atoms. The van der Waals surface area contributed by atoms with Gasteiger partial charge in [-0.2, -0.15) is 0 Å². The van der Waals surface area contributed by atoms with Gasteiger partial charge in [-0.05, 0) is 49.9 Å². The van der Waals surface area contributed by atoms with Gasteiger partial charge in [0, 0.05) is 30.9 Å². The van der Waals surface area contributed by atoms with Gasteiger partial charge >= 0.3 is 5.97 Å². The molecular weight excluding hydrogens is 322 g/mol. The molecule has 3 rings (SSSR count). The first kappa shape index (κ1) is 17.3. The molecule has 2 heterocycles. The fourth-order valence-electron chi connectivity index (χ4n) is 3.13. The molecule has 2 amide bonds. The highest BCUT2D eigenvalue weighted by molar-refractivity contribution is 5.94. The van der Waals surface area contributed by atoms with Crippen molar-refractivity contribution in [3.8, 4) is 0 Å². The Morgan fingerprint density at radius 3 is 2.52 bits per heavy atom. The van der Waals surface area contributed by atoms with Crippen LogP contribution in [0.3, 0.4) is 0 Å². The number of hydrogen-bond donors (Lipinski definition) is 2. The molecule has 2 saturated heterocycles. The van der Waals surface area contributed by atoms with Gasteiger partial charge in [-0.25, -0.2) is 4.79 Å². The van der Waals surface area contributed by atoms with Crippen LogP contribution in [-0.4, -0.2) is 43.5 Å². The summed E-state index contributed by atoms with van der Waals surface area (Å²) >= 11 is 0. The maximum atomic E-state index is 11.9. The van der Waals surface area contributed by atoms with Gasteiger partial charge in [0.05, 0.1) is 0 Å². The zero-order valence-corrected chi connectivity index (χ0v) is 14.1. The van der Waals surface area contributed by atoms with E-state index in [1.165, 1.54) is 19.3 Å². The molecule has 7 heteroatoms. The van der Waals surface area contributed by atoms with E-state index in [0.717, 1.165) is 18.8 Å².